The van der Waals surface area contributed by atoms with Gasteiger partial charge in [0.1, 0.15) is 0 Å². The largest absolute Gasteiger partial charge is 0.500 e. The maximum Gasteiger partial charge on any atom is 0.0949 e. The minimum absolute atomic E-state index is 0.00420. The third-order valence-electron chi connectivity index (χ3n) is 2.98. The van der Waals surface area contributed by atoms with Crippen LogP contribution >= 0.6 is 0 Å². The fraction of sp³-hybridized carbons (Fsp3) is 0.818. The Morgan fingerprint density at radius 2 is 2.38 bits per heavy atom. The van der Waals surface area contributed by atoms with E-state index in [1.165, 1.54) is 18.6 Å². The van der Waals surface area contributed by atoms with Crippen molar-refractivity contribution in [2.75, 3.05) is 0 Å². The molecule has 0 amide bonds. The van der Waals surface area contributed by atoms with Crippen molar-refractivity contribution in [1.29, 1.82) is 0 Å². The molecule has 13 heavy (non-hydrogen) atoms. The van der Waals surface area contributed by atoms with Gasteiger partial charge in [0.05, 0.1) is 21.0 Å². The first-order valence-electron chi connectivity index (χ1n) is 5.55. The number of rotatable bonds is 4. The van der Waals surface area contributed by atoms with E-state index < -0.39 is 0 Å². The summed E-state index contributed by atoms with van der Waals surface area (Å²) >= 11 is 0. The highest BCUT2D eigenvalue weighted by Gasteiger charge is 2.23. The molecule has 0 aromatic rings. The van der Waals surface area contributed by atoms with Gasteiger partial charge in [0, 0.05) is 5.92 Å². The Bertz CT molecular complexity index is 189. The van der Waals surface area contributed by atoms with Crippen molar-refractivity contribution in [3.05, 3.63) is 11.8 Å². The molecule has 0 aromatic heterocycles. The van der Waals surface area contributed by atoms with Gasteiger partial charge in [0.25, 0.3) is 0 Å². The Kier molecular flexibility index (Phi) is 4.04. The van der Waals surface area contributed by atoms with Gasteiger partial charge < -0.3 is 4.74 Å². The molecule has 1 nitrogen and oxygen atoms in total. The van der Waals surface area contributed by atoms with Crippen LogP contribution in [-0.4, -0.2) is 15.2 Å². The maximum atomic E-state index is 5.93. The van der Waals surface area contributed by atoms with E-state index >= 15 is 0 Å². The van der Waals surface area contributed by atoms with Gasteiger partial charge in [-0.2, -0.15) is 0 Å². The Hall–Kier alpha value is -0.243. The maximum absolute atomic E-state index is 5.93. The summed E-state index contributed by atoms with van der Waals surface area (Å²) in [6.45, 7) is 9.06. The van der Waals surface area contributed by atoms with E-state index in [1.54, 1.807) is 0 Å². The fourth-order valence-corrected chi connectivity index (χ4v) is 2.15. The number of hydrogen-bond donors (Lipinski definition) is 0. The van der Waals surface area contributed by atoms with Crippen molar-refractivity contribution < 1.29 is 4.74 Å². The first kappa shape index (κ1) is 10.8. The van der Waals surface area contributed by atoms with E-state index in [0.29, 0.717) is 11.6 Å². The highest BCUT2D eigenvalue weighted by molar-refractivity contribution is 6.35. The minimum Gasteiger partial charge on any atom is -0.500 e. The van der Waals surface area contributed by atoms with E-state index in [1.807, 2.05) is 0 Å². The van der Waals surface area contributed by atoms with Crippen molar-refractivity contribution in [2.45, 2.75) is 45.9 Å². The first-order valence-corrected chi connectivity index (χ1v) is 7.78. The molecule has 0 heterocycles. The molecule has 0 aromatic carbocycles. The summed E-state index contributed by atoms with van der Waals surface area (Å²) < 4.78 is 5.93. The predicted molar refractivity (Wildman–Crippen MR) is 60.6 cm³/mol. The Balaban J connectivity index is 2.48. The normalized spacial score (nSPS) is 30.9. The summed E-state index contributed by atoms with van der Waals surface area (Å²) in [7, 11) is -0.00420. The molecule has 0 N–H and O–H groups in total. The summed E-state index contributed by atoms with van der Waals surface area (Å²) in [4.78, 5) is 0. The molecular weight excluding hydrogens is 176 g/mol. The summed E-state index contributed by atoms with van der Waals surface area (Å²) in [5.74, 6) is 2.71. The average Bonchev–Trinajstić information content (AvgIpc) is 2.47. The van der Waals surface area contributed by atoms with Gasteiger partial charge in [0.15, 0.2) is 0 Å². The van der Waals surface area contributed by atoms with E-state index in [0.717, 1.165) is 5.92 Å². The molecule has 3 atom stereocenters. The van der Waals surface area contributed by atoms with Crippen molar-refractivity contribution >= 4 is 9.52 Å². The van der Waals surface area contributed by atoms with Crippen molar-refractivity contribution in [3.63, 3.8) is 0 Å². The zero-order chi connectivity index (χ0) is 9.84. The highest BCUT2D eigenvalue weighted by atomic mass is 28.2. The van der Waals surface area contributed by atoms with Crippen LogP contribution in [0.5, 0.6) is 0 Å². The van der Waals surface area contributed by atoms with Gasteiger partial charge in [-0.1, -0.05) is 20.4 Å². The topological polar surface area (TPSA) is 9.23 Å². The second-order valence-corrected chi connectivity index (χ2v) is 6.18. The molecule has 0 saturated heterocycles. The van der Waals surface area contributed by atoms with Crippen LogP contribution in [0.4, 0.5) is 0 Å². The van der Waals surface area contributed by atoms with Crippen LogP contribution in [0.1, 0.15) is 33.6 Å². The lowest BCUT2D eigenvalue weighted by atomic mass is 10.0. The van der Waals surface area contributed by atoms with Crippen LogP contribution in [0.15, 0.2) is 11.8 Å². The third-order valence-corrected chi connectivity index (χ3v) is 4.30. The number of allylic oxidation sites excluding steroid dienone is 2. The zero-order valence-corrected chi connectivity index (χ0v) is 10.8. The SMILES string of the molecule is CCC1C=C(OC(C)[SiH2]C)C(C)C1. The van der Waals surface area contributed by atoms with Gasteiger partial charge in [-0.25, -0.2) is 0 Å². The van der Waals surface area contributed by atoms with Crippen LogP contribution in [0.3, 0.4) is 0 Å². The zero-order valence-electron chi connectivity index (χ0n) is 9.34. The summed E-state index contributed by atoms with van der Waals surface area (Å²) in [6, 6.07) is 0. The Labute approximate surface area is 84.4 Å². The van der Waals surface area contributed by atoms with Gasteiger partial charge in [-0.05, 0) is 31.8 Å². The van der Waals surface area contributed by atoms with Crippen LogP contribution in [0.25, 0.3) is 0 Å². The molecule has 1 aliphatic rings. The molecule has 1 rings (SSSR count). The van der Waals surface area contributed by atoms with Crippen LogP contribution in [-0.2, 0) is 4.74 Å². The molecule has 0 radical (unpaired) electrons. The average molecular weight is 198 g/mol. The van der Waals surface area contributed by atoms with Crippen molar-refractivity contribution in [1.82, 2.24) is 0 Å². The van der Waals surface area contributed by atoms with Crippen LogP contribution < -0.4 is 0 Å². The number of ether oxygens (including phenoxy) is 1. The third kappa shape index (κ3) is 2.87. The Morgan fingerprint density at radius 1 is 1.69 bits per heavy atom. The molecule has 3 unspecified atom stereocenters. The lowest BCUT2D eigenvalue weighted by molar-refractivity contribution is 0.168. The van der Waals surface area contributed by atoms with E-state index in [-0.39, 0.29) is 9.52 Å². The molecule has 0 aliphatic heterocycles. The first-order chi connectivity index (χ1) is 6.17. The smallest absolute Gasteiger partial charge is 0.0949 e. The second-order valence-electron chi connectivity index (χ2n) is 4.21. The number of hydrogen-bond acceptors (Lipinski definition) is 1. The lowest BCUT2D eigenvalue weighted by Crippen LogP contribution is -2.15. The minimum atomic E-state index is -0.00420. The van der Waals surface area contributed by atoms with E-state index in [2.05, 4.69) is 33.4 Å². The second kappa shape index (κ2) is 4.84. The predicted octanol–water partition coefficient (Wildman–Crippen LogP) is 2.52. The molecule has 2 heteroatoms. The molecule has 0 spiro atoms. The van der Waals surface area contributed by atoms with Gasteiger partial charge in [-0.15, -0.1) is 0 Å². The van der Waals surface area contributed by atoms with Gasteiger partial charge >= 0.3 is 0 Å². The van der Waals surface area contributed by atoms with Crippen molar-refractivity contribution in [2.24, 2.45) is 11.8 Å². The van der Waals surface area contributed by atoms with Gasteiger partial charge in [0.2, 0.25) is 0 Å². The molecular formula is C11H22OSi. The van der Waals surface area contributed by atoms with Gasteiger partial charge in [-0.3, -0.25) is 0 Å². The van der Waals surface area contributed by atoms with Crippen LogP contribution in [0, 0.1) is 11.8 Å². The highest BCUT2D eigenvalue weighted by Crippen LogP contribution is 2.32. The molecule has 0 fully saturated rings. The summed E-state index contributed by atoms with van der Waals surface area (Å²) in [5.41, 5.74) is 0.518. The standard InChI is InChI=1S/C11H22OSi/c1-5-10-6-8(2)11(7-10)12-9(3)13-4/h7-10H,5-6,13H2,1-4H3. The molecule has 0 saturated carbocycles. The van der Waals surface area contributed by atoms with Crippen LogP contribution in [0.2, 0.25) is 6.55 Å². The fourth-order valence-electron chi connectivity index (χ4n) is 1.79. The van der Waals surface area contributed by atoms with E-state index in [4.69, 9.17) is 4.74 Å². The van der Waals surface area contributed by atoms with Crippen molar-refractivity contribution in [3.8, 4) is 0 Å². The Morgan fingerprint density at radius 3 is 2.85 bits per heavy atom. The molecule has 1 aliphatic carbocycles. The lowest BCUT2D eigenvalue weighted by Gasteiger charge is -2.16. The monoisotopic (exact) mass is 198 g/mol. The molecule has 0 bridgehead atoms. The van der Waals surface area contributed by atoms with E-state index in [9.17, 15) is 0 Å². The summed E-state index contributed by atoms with van der Waals surface area (Å²) in [6.07, 6.45) is 4.91. The molecule has 76 valence electrons. The quantitative estimate of drug-likeness (QED) is 0.631. The summed E-state index contributed by atoms with van der Waals surface area (Å²) in [5, 5.41) is 0.